The average molecular weight is 418 g/mol. The summed E-state index contributed by atoms with van der Waals surface area (Å²) in [6.07, 6.45) is 2.57. The second-order valence-electron chi connectivity index (χ2n) is 6.88. The molecule has 0 atom stereocenters. The Labute approximate surface area is 172 Å². The fraction of sp³-hybridized carbons (Fsp3) is 0.429. The molecule has 2 heterocycles. The second-order valence-corrected chi connectivity index (χ2v) is 8.99. The van der Waals surface area contributed by atoms with E-state index < -0.39 is 9.84 Å². The maximum Gasteiger partial charge on any atom is 0.223 e. The Bertz CT molecular complexity index is 901. The lowest BCUT2D eigenvalue weighted by Crippen LogP contribution is -2.36. The lowest BCUT2D eigenvalue weighted by atomic mass is 10.3. The normalized spacial score (nSPS) is 15.1. The van der Waals surface area contributed by atoms with Crippen LogP contribution in [0.4, 0.5) is 5.82 Å². The summed E-state index contributed by atoms with van der Waals surface area (Å²) in [6.45, 7) is 5.10. The van der Waals surface area contributed by atoms with Gasteiger partial charge in [-0.25, -0.2) is 13.4 Å². The van der Waals surface area contributed by atoms with Gasteiger partial charge in [-0.3, -0.25) is 4.79 Å². The first-order valence-corrected chi connectivity index (χ1v) is 11.5. The van der Waals surface area contributed by atoms with E-state index in [2.05, 4.69) is 9.88 Å². The average Bonchev–Trinajstić information content (AvgIpc) is 3.00. The zero-order valence-electron chi connectivity index (χ0n) is 16.7. The highest BCUT2D eigenvalue weighted by molar-refractivity contribution is 7.91. The number of benzene rings is 1. The van der Waals surface area contributed by atoms with Crippen molar-refractivity contribution in [3.8, 4) is 5.75 Å². The number of ether oxygens (including phenoxy) is 1. The minimum absolute atomic E-state index is 0.0148. The van der Waals surface area contributed by atoms with Crippen LogP contribution in [0.25, 0.3) is 0 Å². The molecule has 0 N–H and O–H groups in total. The summed E-state index contributed by atoms with van der Waals surface area (Å²) in [5.74, 6) is 1.21. The van der Waals surface area contributed by atoms with E-state index in [-0.39, 0.29) is 23.0 Å². The molecule has 1 fully saturated rings. The highest BCUT2D eigenvalue weighted by Crippen LogP contribution is 2.18. The summed E-state index contributed by atoms with van der Waals surface area (Å²) >= 11 is 0. The van der Waals surface area contributed by atoms with Crippen molar-refractivity contribution >= 4 is 21.6 Å². The molecule has 0 unspecified atom stereocenters. The van der Waals surface area contributed by atoms with Gasteiger partial charge in [0.05, 0.1) is 17.3 Å². The largest absolute Gasteiger partial charge is 0.494 e. The van der Waals surface area contributed by atoms with Crippen LogP contribution in [-0.2, 0) is 14.6 Å². The number of aromatic nitrogens is 1. The Morgan fingerprint density at radius 2 is 1.86 bits per heavy atom. The van der Waals surface area contributed by atoms with E-state index in [4.69, 9.17) is 4.74 Å². The number of sulfone groups is 1. The van der Waals surface area contributed by atoms with Crippen LogP contribution in [0.1, 0.15) is 19.8 Å². The molecule has 0 bridgehead atoms. The minimum atomic E-state index is -3.51. The van der Waals surface area contributed by atoms with Gasteiger partial charge in [0, 0.05) is 38.8 Å². The number of nitrogens with zero attached hydrogens (tertiary/aromatic N) is 3. The van der Waals surface area contributed by atoms with Crippen LogP contribution in [0, 0.1) is 0 Å². The standard InChI is InChI=1S/C21H27N3O4S/c1-2-28-18-7-9-19(10-8-18)29(26,27)17-11-21(25)24-14-5-13-23(15-16-24)20-6-3-4-12-22-20/h3-4,6-10,12H,2,5,11,13-17H2,1H3. The number of rotatable bonds is 7. The van der Waals surface area contributed by atoms with E-state index in [9.17, 15) is 13.2 Å². The fourth-order valence-electron chi connectivity index (χ4n) is 3.34. The molecule has 0 spiro atoms. The Hall–Kier alpha value is -2.61. The van der Waals surface area contributed by atoms with E-state index in [0.717, 1.165) is 18.8 Å². The molecule has 156 valence electrons. The summed E-state index contributed by atoms with van der Waals surface area (Å²) in [4.78, 5) is 21.1. The second kappa shape index (κ2) is 9.73. The predicted molar refractivity (Wildman–Crippen MR) is 112 cm³/mol. The molecule has 1 aromatic heterocycles. The summed E-state index contributed by atoms with van der Waals surface area (Å²) < 4.78 is 30.5. The maximum atomic E-state index is 12.6. The molecular weight excluding hydrogens is 390 g/mol. The zero-order chi connectivity index (χ0) is 20.7. The van der Waals surface area contributed by atoms with Gasteiger partial charge in [-0.2, -0.15) is 0 Å². The van der Waals surface area contributed by atoms with Gasteiger partial charge in [0.2, 0.25) is 5.91 Å². The van der Waals surface area contributed by atoms with Gasteiger partial charge in [0.1, 0.15) is 11.6 Å². The molecule has 0 saturated carbocycles. The first kappa shape index (κ1) is 21.1. The van der Waals surface area contributed by atoms with Gasteiger partial charge in [0.15, 0.2) is 9.84 Å². The number of pyridine rings is 1. The highest BCUT2D eigenvalue weighted by atomic mass is 32.2. The molecule has 1 aromatic carbocycles. The summed E-state index contributed by atoms with van der Waals surface area (Å²) in [7, 11) is -3.51. The molecule has 7 nitrogen and oxygen atoms in total. The molecule has 1 saturated heterocycles. The lowest BCUT2D eigenvalue weighted by Gasteiger charge is -2.22. The minimum Gasteiger partial charge on any atom is -0.494 e. The molecule has 8 heteroatoms. The number of amides is 1. The molecule has 0 aliphatic carbocycles. The topological polar surface area (TPSA) is 79.8 Å². The predicted octanol–water partition coefficient (Wildman–Crippen LogP) is 2.38. The Kier molecular flexibility index (Phi) is 7.09. The van der Waals surface area contributed by atoms with E-state index in [1.807, 2.05) is 25.1 Å². The third-order valence-corrected chi connectivity index (χ3v) is 6.63. The van der Waals surface area contributed by atoms with Crippen LogP contribution in [0.5, 0.6) is 5.75 Å². The SMILES string of the molecule is CCOc1ccc(S(=O)(=O)CCC(=O)N2CCCN(c3ccccn3)CC2)cc1. The Morgan fingerprint density at radius 3 is 2.55 bits per heavy atom. The van der Waals surface area contributed by atoms with E-state index in [1.54, 1.807) is 23.2 Å². The van der Waals surface area contributed by atoms with E-state index in [0.29, 0.717) is 32.0 Å². The Balaban J connectivity index is 1.54. The number of carbonyl (C=O) groups is 1. The van der Waals surface area contributed by atoms with Crippen molar-refractivity contribution in [2.75, 3.05) is 43.4 Å². The van der Waals surface area contributed by atoms with Crippen LogP contribution < -0.4 is 9.64 Å². The number of carbonyl (C=O) groups excluding carboxylic acids is 1. The molecule has 0 radical (unpaired) electrons. The van der Waals surface area contributed by atoms with Gasteiger partial charge >= 0.3 is 0 Å². The number of hydrogen-bond acceptors (Lipinski definition) is 6. The molecule has 1 amide bonds. The van der Waals surface area contributed by atoms with E-state index in [1.165, 1.54) is 12.1 Å². The van der Waals surface area contributed by atoms with Crippen molar-refractivity contribution in [3.05, 3.63) is 48.7 Å². The van der Waals surface area contributed by atoms with Gasteiger partial charge in [-0.15, -0.1) is 0 Å². The van der Waals surface area contributed by atoms with Crippen LogP contribution in [0.2, 0.25) is 0 Å². The number of hydrogen-bond donors (Lipinski definition) is 0. The van der Waals surface area contributed by atoms with Crippen molar-refractivity contribution < 1.29 is 17.9 Å². The summed E-state index contributed by atoms with van der Waals surface area (Å²) in [6, 6.07) is 12.1. The fourth-order valence-corrected chi connectivity index (χ4v) is 4.57. The quantitative estimate of drug-likeness (QED) is 0.688. The zero-order valence-corrected chi connectivity index (χ0v) is 17.5. The van der Waals surface area contributed by atoms with Crippen LogP contribution >= 0.6 is 0 Å². The van der Waals surface area contributed by atoms with Crippen molar-refractivity contribution in [2.45, 2.75) is 24.7 Å². The molecule has 1 aliphatic heterocycles. The van der Waals surface area contributed by atoms with E-state index >= 15 is 0 Å². The van der Waals surface area contributed by atoms with Crippen molar-refractivity contribution in [1.82, 2.24) is 9.88 Å². The number of anilines is 1. The van der Waals surface area contributed by atoms with Crippen molar-refractivity contribution in [3.63, 3.8) is 0 Å². The highest BCUT2D eigenvalue weighted by Gasteiger charge is 2.22. The first-order valence-electron chi connectivity index (χ1n) is 9.89. The van der Waals surface area contributed by atoms with Gasteiger partial charge in [-0.1, -0.05) is 6.07 Å². The molecule has 2 aromatic rings. The third kappa shape index (κ3) is 5.69. The smallest absolute Gasteiger partial charge is 0.223 e. The Morgan fingerprint density at radius 1 is 1.07 bits per heavy atom. The van der Waals surface area contributed by atoms with Gasteiger partial charge < -0.3 is 14.5 Å². The summed E-state index contributed by atoms with van der Waals surface area (Å²) in [5.41, 5.74) is 0. The van der Waals surface area contributed by atoms with Gasteiger partial charge in [-0.05, 0) is 49.7 Å². The molecule has 29 heavy (non-hydrogen) atoms. The third-order valence-electron chi connectivity index (χ3n) is 4.90. The van der Waals surface area contributed by atoms with Crippen molar-refractivity contribution in [1.29, 1.82) is 0 Å². The maximum absolute atomic E-state index is 12.6. The van der Waals surface area contributed by atoms with Crippen LogP contribution in [0.15, 0.2) is 53.6 Å². The monoisotopic (exact) mass is 417 g/mol. The van der Waals surface area contributed by atoms with Crippen LogP contribution in [-0.4, -0.2) is 62.7 Å². The summed E-state index contributed by atoms with van der Waals surface area (Å²) in [5, 5.41) is 0. The molecular formula is C21H27N3O4S. The molecule has 1 aliphatic rings. The lowest BCUT2D eigenvalue weighted by molar-refractivity contribution is -0.130. The van der Waals surface area contributed by atoms with Crippen molar-refractivity contribution in [2.24, 2.45) is 0 Å². The molecule has 3 rings (SSSR count). The van der Waals surface area contributed by atoms with Crippen LogP contribution in [0.3, 0.4) is 0 Å². The van der Waals surface area contributed by atoms with Gasteiger partial charge in [0.25, 0.3) is 0 Å². The first-order chi connectivity index (χ1) is 14.0.